The third-order valence-electron chi connectivity index (χ3n) is 4.28. The summed E-state index contributed by atoms with van der Waals surface area (Å²) in [5.74, 6) is 1.66. The van der Waals surface area contributed by atoms with Crippen molar-refractivity contribution in [3.63, 3.8) is 0 Å². The molecule has 0 radical (unpaired) electrons. The molecule has 0 atom stereocenters. The number of aromatic nitrogens is 2. The van der Waals surface area contributed by atoms with Gasteiger partial charge in [-0.25, -0.2) is 0 Å². The van der Waals surface area contributed by atoms with Crippen molar-refractivity contribution in [2.45, 2.75) is 32.7 Å². The number of hydrogen-bond acceptors (Lipinski definition) is 2. The molecule has 4 heteroatoms. The predicted octanol–water partition coefficient (Wildman–Crippen LogP) is 3.22. The fraction of sp³-hybridized carbons (Fsp3) is 0.438. The molecule has 106 valence electrons. The summed E-state index contributed by atoms with van der Waals surface area (Å²) in [7, 11) is 0. The van der Waals surface area contributed by atoms with E-state index in [-0.39, 0.29) is 5.56 Å². The molecule has 1 saturated carbocycles. The topological polar surface area (TPSA) is 60.7 Å². The van der Waals surface area contributed by atoms with Crippen LogP contribution in [0.25, 0.3) is 11.3 Å². The average Bonchev–Trinajstić information content (AvgIpc) is 2.80. The zero-order valence-corrected chi connectivity index (χ0v) is 11.9. The summed E-state index contributed by atoms with van der Waals surface area (Å²) in [6.07, 6.45) is 2.54. The number of hydrogen-bond donors (Lipinski definition) is 3. The summed E-state index contributed by atoms with van der Waals surface area (Å²) >= 11 is 0. The lowest BCUT2D eigenvalue weighted by Crippen LogP contribution is -2.37. The highest BCUT2D eigenvalue weighted by atomic mass is 16.1. The van der Waals surface area contributed by atoms with E-state index in [4.69, 9.17) is 0 Å². The normalized spacial score (nSPS) is 21.8. The first kappa shape index (κ1) is 13.0. The monoisotopic (exact) mass is 271 g/mol. The molecule has 0 aliphatic heterocycles. The Balaban J connectivity index is 1.61. The van der Waals surface area contributed by atoms with Crippen LogP contribution in [-0.4, -0.2) is 16.2 Å². The average molecular weight is 271 g/mol. The number of anilines is 1. The van der Waals surface area contributed by atoms with Crippen molar-refractivity contribution in [3.8, 4) is 11.3 Å². The summed E-state index contributed by atoms with van der Waals surface area (Å²) in [5.41, 5.74) is 2.89. The second-order valence-electron chi connectivity index (χ2n) is 6.07. The minimum absolute atomic E-state index is 0.101. The summed E-state index contributed by atoms with van der Waals surface area (Å²) in [6, 6.07) is 10.4. The van der Waals surface area contributed by atoms with Crippen molar-refractivity contribution in [1.82, 2.24) is 10.2 Å². The van der Waals surface area contributed by atoms with Gasteiger partial charge in [0, 0.05) is 17.8 Å². The van der Waals surface area contributed by atoms with Crippen LogP contribution in [0.15, 0.2) is 35.1 Å². The summed E-state index contributed by atoms with van der Waals surface area (Å²) in [4.78, 5) is 11.1. The van der Waals surface area contributed by atoms with Crippen LogP contribution in [0.3, 0.4) is 0 Å². The van der Waals surface area contributed by atoms with Gasteiger partial charge in [-0.05, 0) is 42.4 Å². The largest absolute Gasteiger partial charge is 0.382 e. The molecular weight excluding hydrogens is 250 g/mol. The van der Waals surface area contributed by atoms with E-state index in [1.54, 1.807) is 6.07 Å². The van der Waals surface area contributed by atoms with Gasteiger partial charge in [0.1, 0.15) is 0 Å². The Morgan fingerprint density at radius 1 is 1.15 bits per heavy atom. The molecule has 1 aromatic carbocycles. The van der Waals surface area contributed by atoms with Crippen LogP contribution in [0.5, 0.6) is 0 Å². The Kier molecular flexibility index (Phi) is 3.38. The van der Waals surface area contributed by atoms with Crippen molar-refractivity contribution < 1.29 is 0 Å². The second-order valence-corrected chi connectivity index (χ2v) is 6.07. The lowest BCUT2D eigenvalue weighted by Gasteiger charge is -2.39. The number of H-pyrrole nitrogens is 2. The maximum absolute atomic E-state index is 11.1. The molecule has 3 rings (SSSR count). The van der Waals surface area contributed by atoms with Gasteiger partial charge in [-0.3, -0.25) is 15.0 Å². The van der Waals surface area contributed by atoms with Gasteiger partial charge >= 0.3 is 0 Å². The molecule has 0 spiro atoms. The Hall–Kier alpha value is -1.97. The van der Waals surface area contributed by atoms with Crippen LogP contribution < -0.4 is 10.9 Å². The third kappa shape index (κ3) is 2.64. The Labute approximate surface area is 118 Å². The first-order valence-electron chi connectivity index (χ1n) is 7.26. The molecule has 1 aromatic heterocycles. The maximum Gasteiger partial charge on any atom is 0.264 e. The first-order chi connectivity index (χ1) is 9.61. The van der Waals surface area contributed by atoms with E-state index in [9.17, 15) is 4.79 Å². The molecule has 2 aromatic rings. The lowest BCUT2D eigenvalue weighted by atomic mass is 9.73. The standard InChI is InChI=1S/C16H21N3O/c1-10(2)12-7-14(8-12)17-13-5-3-11(4-6-13)15-9-16(20)19-18-15/h3-6,9-10,12,14,17H,7-8H2,1-2H3,(H2,18,19,20). The summed E-state index contributed by atoms with van der Waals surface area (Å²) in [6.45, 7) is 4.60. The maximum atomic E-state index is 11.1. The van der Waals surface area contributed by atoms with Crippen LogP contribution in [0.1, 0.15) is 26.7 Å². The third-order valence-corrected chi connectivity index (χ3v) is 4.28. The fourth-order valence-corrected chi connectivity index (χ4v) is 2.79. The summed E-state index contributed by atoms with van der Waals surface area (Å²) in [5, 5.41) is 8.98. The summed E-state index contributed by atoms with van der Waals surface area (Å²) < 4.78 is 0. The molecule has 3 N–H and O–H groups in total. The SMILES string of the molecule is CC(C)C1CC(Nc2ccc(-c3cc(=O)[nH][nH]3)cc2)C1. The van der Waals surface area contributed by atoms with E-state index >= 15 is 0 Å². The number of aromatic amines is 2. The molecule has 0 unspecified atom stereocenters. The molecule has 0 saturated heterocycles. The van der Waals surface area contributed by atoms with E-state index < -0.39 is 0 Å². The van der Waals surface area contributed by atoms with Crippen LogP contribution in [0, 0.1) is 11.8 Å². The Bertz CT molecular complexity index is 618. The van der Waals surface area contributed by atoms with E-state index in [0.29, 0.717) is 6.04 Å². The quantitative estimate of drug-likeness (QED) is 0.799. The van der Waals surface area contributed by atoms with Crippen LogP contribution >= 0.6 is 0 Å². The lowest BCUT2D eigenvalue weighted by molar-refractivity contribution is 0.212. The number of benzene rings is 1. The second kappa shape index (κ2) is 5.19. The van der Waals surface area contributed by atoms with Crippen LogP contribution in [0.2, 0.25) is 0 Å². The van der Waals surface area contributed by atoms with Crippen molar-refractivity contribution in [3.05, 3.63) is 40.7 Å². The van der Waals surface area contributed by atoms with E-state index in [1.165, 1.54) is 12.8 Å². The molecule has 1 fully saturated rings. The fourth-order valence-electron chi connectivity index (χ4n) is 2.79. The van der Waals surface area contributed by atoms with Gasteiger partial charge in [0.2, 0.25) is 0 Å². The van der Waals surface area contributed by atoms with Gasteiger partial charge in [-0.2, -0.15) is 0 Å². The number of nitrogens with one attached hydrogen (secondary N) is 3. The molecule has 0 bridgehead atoms. The van der Waals surface area contributed by atoms with Gasteiger partial charge in [0.15, 0.2) is 0 Å². The van der Waals surface area contributed by atoms with Crippen molar-refractivity contribution in [2.75, 3.05) is 5.32 Å². The zero-order chi connectivity index (χ0) is 14.1. The zero-order valence-electron chi connectivity index (χ0n) is 11.9. The first-order valence-corrected chi connectivity index (χ1v) is 7.26. The molecule has 1 aliphatic carbocycles. The molecule has 1 heterocycles. The Morgan fingerprint density at radius 2 is 1.85 bits per heavy atom. The van der Waals surface area contributed by atoms with Gasteiger partial charge in [0.05, 0.1) is 5.69 Å². The minimum Gasteiger partial charge on any atom is -0.382 e. The molecule has 4 nitrogen and oxygen atoms in total. The highest BCUT2D eigenvalue weighted by Crippen LogP contribution is 2.35. The minimum atomic E-state index is -0.101. The van der Waals surface area contributed by atoms with E-state index in [1.807, 2.05) is 12.1 Å². The molecule has 0 amide bonds. The van der Waals surface area contributed by atoms with Crippen molar-refractivity contribution in [1.29, 1.82) is 0 Å². The molecule has 1 aliphatic rings. The van der Waals surface area contributed by atoms with Crippen LogP contribution in [0.4, 0.5) is 5.69 Å². The van der Waals surface area contributed by atoms with E-state index in [2.05, 4.69) is 41.5 Å². The highest BCUT2D eigenvalue weighted by molar-refractivity contribution is 5.62. The van der Waals surface area contributed by atoms with Gasteiger partial charge in [-0.1, -0.05) is 26.0 Å². The van der Waals surface area contributed by atoms with Crippen molar-refractivity contribution in [2.24, 2.45) is 11.8 Å². The van der Waals surface area contributed by atoms with Gasteiger partial charge in [-0.15, -0.1) is 0 Å². The predicted molar refractivity (Wildman–Crippen MR) is 81.8 cm³/mol. The van der Waals surface area contributed by atoms with Crippen LogP contribution in [-0.2, 0) is 0 Å². The molecular formula is C16H21N3O. The molecule has 20 heavy (non-hydrogen) atoms. The highest BCUT2D eigenvalue weighted by Gasteiger charge is 2.30. The number of rotatable bonds is 4. The van der Waals surface area contributed by atoms with E-state index in [0.717, 1.165) is 28.8 Å². The van der Waals surface area contributed by atoms with Crippen molar-refractivity contribution >= 4 is 5.69 Å². The van der Waals surface area contributed by atoms with Gasteiger partial charge in [0.25, 0.3) is 5.56 Å². The Morgan fingerprint density at radius 3 is 2.40 bits per heavy atom. The smallest absolute Gasteiger partial charge is 0.264 e. The van der Waals surface area contributed by atoms with Gasteiger partial charge < -0.3 is 5.32 Å².